The van der Waals surface area contributed by atoms with Crippen molar-refractivity contribution >= 4 is 16.8 Å². The molecule has 1 amide bonds. The summed E-state index contributed by atoms with van der Waals surface area (Å²) in [6, 6.07) is 11.8. The van der Waals surface area contributed by atoms with E-state index in [1.165, 1.54) is 4.68 Å². The molecule has 2 heterocycles. The van der Waals surface area contributed by atoms with E-state index < -0.39 is 0 Å². The van der Waals surface area contributed by atoms with Crippen LogP contribution in [0.4, 0.5) is 0 Å². The number of fused-ring (bicyclic) bond motifs is 1. The highest BCUT2D eigenvalue weighted by molar-refractivity contribution is 5.91. The molecule has 1 aromatic carbocycles. The Hall–Kier alpha value is -2.76. The van der Waals surface area contributed by atoms with Gasteiger partial charge in [-0.25, -0.2) is 0 Å². The molecular weight excluding hydrogens is 254 g/mol. The van der Waals surface area contributed by atoms with Gasteiger partial charge in [-0.15, -0.1) is 5.10 Å². The lowest BCUT2D eigenvalue weighted by Gasteiger charge is -2.04. The average molecular weight is 267 g/mol. The molecule has 0 bridgehead atoms. The van der Waals surface area contributed by atoms with Crippen molar-refractivity contribution in [3.63, 3.8) is 0 Å². The molecule has 0 aliphatic heterocycles. The molecule has 0 saturated heterocycles. The van der Waals surface area contributed by atoms with Crippen LogP contribution in [-0.2, 0) is 13.6 Å². The fraction of sp³-hybridized carbons (Fsp3) is 0.143. The lowest BCUT2D eigenvalue weighted by Crippen LogP contribution is -2.23. The number of amides is 1. The lowest BCUT2D eigenvalue weighted by atomic mass is 10.2. The van der Waals surface area contributed by atoms with Crippen LogP contribution in [0.25, 0.3) is 10.9 Å². The van der Waals surface area contributed by atoms with E-state index in [4.69, 9.17) is 0 Å². The zero-order valence-corrected chi connectivity index (χ0v) is 10.9. The van der Waals surface area contributed by atoms with E-state index in [9.17, 15) is 4.79 Å². The minimum absolute atomic E-state index is 0.256. The van der Waals surface area contributed by atoms with E-state index in [1.807, 2.05) is 36.4 Å². The Morgan fingerprint density at radius 3 is 2.90 bits per heavy atom. The fourth-order valence-electron chi connectivity index (χ4n) is 1.92. The van der Waals surface area contributed by atoms with Gasteiger partial charge in [0.25, 0.3) is 5.91 Å². The number of nitrogens with one attached hydrogen (secondary N) is 1. The van der Waals surface area contributed by atoms with Crippen molar-refractivity contribution in [1.29, 1.82) is 0 Å². The van der Waals surface area contributed by atoms with Crippen LogP contribution in [0.3, 0.4) is 0 Å². The molecule has 1 N–H and O–H groups in total. The standard InChI is InChI=1S/C14H13N5O/c1-19-9-13(17-18-19)14(20)15-8-11-7-6-10-4-2-3-5-12(10)16-11/h2-7,9H,8H2,1H3,(H,15,20). The summed E-state index contributed by atoms with van der Waals surface area (Å²) in [4.78, 5) is 16.3. The maximum atomic E-state index is 11.8. The summed E-state index contributed by atoms with van der Waals surface area (Å²) in [6.07, 6.45) is 1.57. The van der Waals surface area contributed by atoms with Crippen molar-refractivity contribution < 1.29 is 4.79 Å². The summed E-state index contributed by atoms with van der Waals surface area (Å²) in [5.74, 6) is -0.256. The largest absolute Gasteiger partial charge is 0.345 e. The van der Waals surface area contributed by atoms with Gasteiger partial charge in [-0.2, -0.15) is 0 Å². The number of hydrogen-bond acceptors (Lipinski definition) is 4. The molecule has 6 heteroatoms. The van der Waals surface area contributed by atoms with Crippen molar-refractivity contribution in [2.24, 2.45) is 7.05 Å². The monoisotopic (exact) mass is 267 g/mol. The predicted octanol–water partition coefficient (Wildman–Crippen LogP) is 1.29. The van der Waals surface area contributed by atoms with Gasteiger partial charge in [-0.3, -0.25) is 14.5 Å². The highest BCUT2D eigenvalue weighted by atomic mass is 16.2. The van der Waals surface area contributed by atoms with Crippen molar-refractivity contribution in [3.05, 3.63) is 54.0 Å². The van der Waals surface area contributed by atoms with E-state index in [0.717, 1.165) is 16.6 Å². The van der Waals surface area contributed by atoms with Gasteiger partial charge in [-0.1, -0.05) is 29.5 Å². The molecule has 0 radical (unpaired) electrons. The molecule has 0 saturated carbocycles. The number of aromatic nitrogens is 4. The Morgan fingerprint density at radius 2 is 2.10 bits per heavy atom. The van der Waals surface area contributed by atoms with Gasteiger partial charge in [0.15, 0.2) is 5.69 Å². The molecule has 0 aliphatic rings. The average Bonchev–Trinajstić information content (AvgIpc) is 2.91. The number of rotatable bonds is 3. The topological polar surface area (TPSA) is 72.7 Å². The minimum atomic E-state index is -0.256. The third kappa shape index (κ3) is 2.49. The van der Waals surface area contributed by atoms with Gasteiger partial charge in [-0.05, 0) is 12.1 Å². The molecule has 0 atom stereocenters. The van der Waals surface area contributed by atoms with Crippen LogP contribution in [0.1, 0.15) is 16.2 Å². The highest BCUT2D eigenvalue weighted by Crippen LogP contribution is 2.11. The summed E-state index contributed by atoms with van der Waals surface area (Å²) in [5.41, 5.74) is 2.02. The number of carbonyl (C=O) groups is 1. The zero-order valence-electron chi connectivity index (χ0n) is 10.9. The molecule has 0 aliphatic carbocycles. The van der Waals surface area contributed by atoms with Crippen LogP contribution >= 0.6 is 0 Å². The van der Waals surface area contributed by atoms with Crippen LogP contribution in [0.5, 0.6) is 0 Å². The molecule has 0 spiro atoms. The first-order chi connectivity index (χ1) is 9.72. The third-order valence-electron chi connectivity index (χ3n) is 2.92. The Labute approximate surface area is 115 Å². The van der Waals surface area contributed by atoms with Gasteiger partial charge >= 0.3 is 0 Å². The summed E-state index contributed by atoms with van der Waals surface area (Å²) in [5, 5.41) is 11.3. The number of para-hydroxylation sites is 1. The van der Waals surface area contributed by atoms with Gasteiger partial charge in [0, 0.05) is 12.4 Å². The van der Waals surface area contributed by atoms with Crippen molar-refractivity contribution in [1.82, 2.24) is 25.3 Å². The van der Waals surface area contributed by atoms with Crippen LogP contribution < -0.4 is 5.32 Å². The van der Waals surface area contributed by atoms with E-state index in [0.29, 0.717) is 12.2 Å². The third-order valence-corrected chi connectivity index (χ3v) is 2.92. The normalized spacial score (nSPS) is 10.7. The molecule has 0 fully saturated rings. The summed E-state index contributed by atoms with van der Waals surface area (Å²) in [6.45, 7) is 0.361. The quantitative estimate of drug-likeness (QED) is 0.776. The molecule has 20 heavy (non-hydrogen) atoms. The fourth-order valence-corrected chi connectivity index (χ4v) is 1.92. The molecule has 100 valence electrons. The van der Waals surface area contributed by atoms with Crippen molar-refractivity contribution in [2.45, 2.75) is 6.54 Å². The number of pyridine rings is 1. The SMILES string of the molecule is Cn1cc(C(=O)NCc2ccc3ccccc3n2)nn1. The van der Waals surface area contributed by atoms with E-state index in [-0.39, 0.29) is 5.91 Å². The molecule has 3 aromatic rings. The van der Waals surface area contributed by atoms with Gasteiger partial charge in [0.2, 0.25) is 0 Å². The Morgan fingerprint density at radius 1 is 1.25 bits per heavy atom. The van der Waals surface area contributed by atoms with Crippen molar-refractivity contribution in [3.8, 4) is 0 Å². The molecular formula is C14H13N5O. The van der Waals surface area contributed by atoms with Gasteiger partial charge in [0.05, 0.1) is 24.0 Å². The second kappa shape index (κ2) is 5.08. The molecule has 3 rings (SSSR count). The molecule has 2 aromatic heterocycles. The van der Waals surface area contributed by atoms with E-state index in [2.05, 4.69) is 20.6 Å². The maximum absolute atomic E-state index is 11.8. The summed E-state index contributed by atoms with van der Waals surface area (Å²) < 4.78 is 1.49. The first-order valence-corrected chi connectivity index (χ1v) is 6.21. The number of benzene rings is 1. The van der Waals surface area contributed by atoms with Crippen molar-refractivity contribution in [2.75, 3.05) is 0 Å². The van der Waals surface area contributed by atoms with Crippen LogP contribution in [0.15, 0.2) is 42.6 Å². The van der Waals surface area contributed by atoms with Crippen LogP contribution in [-0.4, -0.2) is 25.9 Å². The molecule has 0 unspecified atom stereocenters. The Kier molecular flexibility index (Phi) is 3.12. The number of hydrogen-bond donors (Lipinski definition) is 1. The predicted molar refractivity (Wildman–Crippen MR) is 73.9 cm³/mol. The second-order valence-electron chi connectivity index (χ2n) is 4.46. The number of aryl methyl sites for hydroxylation is 1. The van der Waals surface area contributed by atoms with E-state index >= 15 is 0 Å². The van der Waals surface area contributed by atoms with Crippen LogP contribution in [0, 0.1) is 0 Å². The Bertz CT molecular complexity index is 765. The number of nitrogens with zero attached hydrogens (tertiary/aromatic N) is 4. The lowest BCUT2D eigenvalue weighted by molar-refractivity contribution is 0.0945. The van der Waals surface area contributed by atoms with Crippen LogP contribution in [0.2, 0.25) is 0 Å². The second-order valence-corrected chi connectivity index (χ2v) is 4.46. The first-order valence-electron chi connectivity index (χ1n) is 6.21. The first kappa shape index (κ1) is 12.3. The number of carbonyl (C=O) groups excluding carboxylic acids is 1. The van der Waals surface area contributed by atoms with E-state index in [1.54, 1.807) is 13.2 Å². The summed E-state index contributed by atoms with van der Waals surface area (Å²) in [7, 11) is 1.72. The minimum Gasteiger partial charge on any atom is -0.345 e. The maximum Gasteiger partial charge on any atom is 0.273 e. The smallest absolute Gasteiger partial charge is 0.273 e. The van der Waals surface area contributed by atoms with Gasteiger partial charge < -0.3 is 5.32 Å². The zero-order chi connectivity index (χ0) is 13.9. The summed E-state index contributed by atoms with van der Waals surface area (Å²) >= 11 is 0. The van der Waals surface area contributed by atoms with Gasteiger partial charge in [0.1, 0.15) is 0 Å². The Balaban J connectivity index is 1.72. The molecule has 6 nitrogen and oxygen atoms in total. The highest BCUT2D eigenvalue weighted by Gasteiger charge is 2.09.